The maximum atomic E-state index is 13.4. The molecule has 0 bridgehead atoms. The number of carbonyl (C=O) groups is 2. The summed E-state index contributed by atoms with van der Waals surface area (Å²) in [5.74, 6) is -0.908. The Morgan fingerprint density at radius 2 is 1.83 bits per heavy atom. The van der Waals surface area contributed by atoms with Gasteiger partial charge in [-0.05, 0) is 54.3 Å². The lowest BCUT2D eigenvalue weighted by Gasteiger charge is -2.25. The van der Waals surface area contributed by atoms with Crippen molar-refractivity contribution in [2.75, 3.05) is 0 Å². The molecule has 30 heavy (non-hydrogen) atoms. The number of rotatable bonds is 4. The molecule has 1 fully saturated rings. The second kappa shape index (κ2) is 7.25. The molecule has 3 aromatic rings. The number of carbonyl (C=O) groups excluding carboxylic acids is 2. The van der Waals surface area contributed by atoms with Crippen molar-refractivity contribution >= 4 is 34.5 Å². The van der Waals surface area contributed by atoms with Crippen molar-refractivity contribution in [2.45, 2.75) is 32.4 Å². The van der Waals surface area contributed by atoms with Crippen molar-refractivity contribution in [3.05, 3.63) is 80.4 Å². The summed E-state index contributed by atoms with van der Waals surface area (Å²) in [6.07, 6.45) is 0.280. The van der Waals surface area contributed by atoms with E-state index in [0.29, 0.717) is 27.1 Å². The summed E-state index contributed by atoms with van der Waals surface area (Å²) in [5, 5.41) is 3.76. The Morgan fingerprint density at radius 1 is 1.13 bits per heavy atom. The van der Waals surface area contributed by atoms with Crippen LogP contribution in [0.3, 0.4) is 0 Å². The van der Waals surface area contributed by atoms with E-state index in [0.717, 1.165) is 10.5 Å². The molecule has 1 aliphatic rings. The molecule has 0 saturated carbocycles. The first-order chi connectivity index (χ1) is 14.2. The number of aryl methyl sites for hydroxylation is 1. The third-order valence-electron chi connectivity index (χ3n) is 5.48. The fourth-order valence-corrected chi connectivity index (χ4v) is 3.96. The van der Waals surface area contributed by atoms with Crippen molar-refractivity contribution in [3.63, 3.8) is 0 Å². The molecular formula is C22H18ClFN2O4. The highest BCUT2D eigenvalue weighted by atomic mass is 35.5. The number of nitrogens with zero attached hydrogens (tertiary/aromatic N) is 1. The van der Waals surface area contributed by atoms with Gasteiger partial charge in [0.25, 0.3) is 5.91 Å². The molecule has 3 amide bonds. The Morgan fingerprint density at radius 3 is 2.50 bits per heavy atom. The van der Waals surface area contributed by atoms with Gasteiger partial charge in [0.15, 0.2) is 0 Å². The standard InChI is InChI=1S/C22H18ClFN2O4/c1-3-22(14-4-6-15(24)7-5-14)20(28)26(21(29)25-22)11-13-9-19(27)30-18-8-12(2)17(23)10-16(13)18/h4-10H,3,11H2,1-2H3,(H,25,29). The Balaban J connectivity index is 1.76. The quantitative estimate of drug-likeness (QED) is 0.497. The van der Waals surface area contributed by atoms with Crippen LogP contribution in [-0.4, -0.2) is 16.8 Å². The molecule has 1 unspecified atom stereocenters. The van der Waals surface area contributed by atoms with E-state index in [1.54, 1.807) is 26.0 Å². The van der Waals surface area contributed by atoms with Gasteiger partial charge in [0.2, 0.25) is 0 Å². The van der Waals surface area contributed by atoms with E-state index in [9.17, 15) is 18.8 Å². The molecule has 8 heteroatoms. The average molecular weight is 429 g/mol. The normalized spacial score (nSPS) is 18.9. The molecule has 2 heterocycles. The van der Waals surface area contributed by atoms with Gasteiger partial charge >= 0.3 is 11.7 Å². The molecule has 1 saturated heterocycles. The summed E-state index contributed by atoms with van der Waals surface area (Å²) in [5.41, 5.74) is 0.106. The molecular weight excluding hydrogens is 411 g/mol. The fraction of sp³-hybridized carbons (Fsp3) is 0.227. The highest BCUT2D eigenvalue weighted by Gasteiger charge is 2.51. The van der Waals surface area contributed by atoms with Crippen molar-refractivity contribution in [1.82, 2.24) is 10.2 Å². The first kappa shape index (κ1) is 20.1. The number of hydrogen-bond acceptors (Lipinski definition) is 4. The lowest BCUT2D eigenvalue weighted by atomic mass is 9.87. The molecule has 6 nitrogen and oxygen atoms in total. The summed E-state index contributed by atoms with van der Waals surface area (Å²) >= 11 is 6.22. The zero-order chi connectivity index (χ0) is 21.6. The zero-order valence-electron chi connectivity index (χ0n) is 16.3. The smallest absolute Gasteiger partial charge is 0.336 e. The number of halogens is 2. The van der Waals surface area contributed by atoms with Crippen LogP contribution in [0.4, 0.5) is 9.18 Å². The second-order valence-corrected chi connectivity index (χ2v) is 7.68. The minimum Gasteiger partial charge on any atom is -0.423 e. The average Bonchev–Trinajstić information content (AvgIpc) is 2.95. The van der Waals surface area contributed by atoms with Crippen LogP contribution >= 0.6 is 11.6 Å². The van der Waals surface area contributed by atoms with Gasteiger partial charge in [-0.2, -0.15) is 0 Å². The number of benzene rings is 2. The van der Waals surface area contributed by atoms with E-state index < -0.39 is 28.9 Å². The zero-order valence-corrected chi connectivity index (χ0v) is 17.0. The van der Waals surface area contributed by atoms with E-state index in [-0.39, 0.29) is 13.0 Å². The van der Waals surface area contributed by atoms with Gasteiger partial charge in [0.05, 0.1) is 6.54 Å². The summed E-state index contributed by atoms with van der Waals surface area (Å²) < 4.78 is 18.6. The van der Waals surface area contributed by atoms with Gasteiger partial charge in [-0.3, -0.25) is 9.69 Å². The number of nitrogens with one attached hydrogen (secondary N) is 1. The van der Waals surface area contributed by atoms with E-state index in [2.05, 4.69) is 5.32 Å². The van der Waals surface area contributed by atoms with Gasteiger partial charge in [-0.15, -0.1) is 0 Å². The summed E-state index contributed by atoms with van der Waals surface area (Å²) in [6, 6.07) is 9.40. The van der Waals surface area contributed by atoms with E-state index in [1.165, 1.54) is 30.3 Å². The monoisotopic (exact) mass is 428 g/mol. The highest BCUT2D eigenvalue weighted by Crippen LogP contribution is 2.34. The summed E-state index contributed by atoms with van der Waals surface area (Å²) in [6.45, 7) is 3.42. The highest BCUT2D eigenvalue weighted by molar-refractivity contribution is 6.32. The fourth-order valence-electron chi connectivity index (χ4n) is 3.79. The number of urea groups is 1. The van der Waals surface area contributed by atoms with Gasteiger partial charge in [0.1, 0.15) is 16.9 Å². The SMILES string of the molecule is CCC1(c2ccc(F)cc2)NC(=O)N(Cc2cc(=O)oc3cc(C)c(Cl)cc23)C1=O. The summed E-state index contributed by atoms with van der Waals surface area (Å²) in [7, 11) is 0. The molecule has 2 aromatic carbocycles. The number of imide groups is 1. The van der Waals surface area contributed by atoms with E-state index in [4.69, 9.17) is 16.0 Å². The van der Waals surface area contributed by atoms with Crippen LogP contribution in [0, 0.1) is 12.7 Å². The van der Waals surface area contributed by atoms with Gasteiger partial charge in [-0.1, -0.05) is 30.7 Å². The molecule has 1 aromatic heterocycles. The second-order valence-electron chi connectivity index (χ2n) is 7.28. The Bertz CT molecular complexity index is 1240. The van der Waals surface area contributed by atoms with Crippen molar-refractivity contribution in [3.8, 4) is 0 Å². The topological polar surface area (TPSA) is 79.6 Å². The van der Waals surface area contributed by atoms with Gasteiger partial charge in [0, 0.05) is 16.5 Å². The minimum atomic E-state index is -1.30. The first-order valence-corrected chi connectivity index (χ1v) is 9.76. The molecule has 0 radical (unpaired) electrons. The third kappa shape index (κ3) is 3.15. The van der Waals surface area contributed by atoms with Gasteiger partial charge in [-0.25, -0.2) is 14.0 Å². The molecule has 1 atom stereocenters. The van der Waals surface area contributed by atoms with Gasteiger partial charge < -0.3 is 9.73 Å². The number of hydrogen-bond donors (Lipinski definition) is 1. The number of fused-ring (bicyclic) bond motifs is 1. The molecule has 154 valence electrons. The van der Waals surface area contributed by atoms with Crippen LogP contribution < -0.4 is 10.9 Å². The van der Waals surface area contributed by atoms with E-state index in [1.807, 2.05) is 0 Å². The molecule has 0 aliphatic carbocycles. The molecule has 4 rings (SSSR count). The van der Waals surface area contributed by atoms with Crippen LogP contribution in [0.25, 0.3) is 11.0 Å². The molecule has 1 N–H and O–H groups in total. The van der Waals surface area contributed by atoms with Crippen LogP contribution in [0.2, 0.25) is 5.02 Å². The lowest BCUT2D eigenvalue weighted by Crippen LogP contribution is -2.43. The van der Waals surface area contributed by atoms with Crippen LogP contribution in [0.5, 0.6) is 0 Å². The number of amides is 3. The molecule has 0 spiro atoms. The summed E-state index contributed by atoms with van der Waals surface area (Å²) in [4.78, 5) is 39.1. The Hall–Kier alpha value is -3.19. The predicted octanol–water partition coefficient (Wildman–Crippen LogP) is 4.25. The van der Waals surface area contributed by atoms with Crippen molar-refractivity contribution in [1.29, 1.82) is 0 Å². The predicted molar refractivity (Wildman–Crippen MR) is 110 cm³/mol. The third-order valence-corrected chi connectivity index (χ3v) is 5.89. The molecule has 1 aliphatic heterocycles. The van der Waals surface area contributed by atoms with Crippen LogP contribution in [-0.2, 0) is 16.9 Å². The van der Waals surface area contributed by atoms with Crippen molar-refractivity contribution < 1.29 is 18.4 Å². The Kier molecular flexibility index (Phi) is 4.86. The van der Waals surface area contributed by atoms with Crippen LogP contribution in [0.1, 0.15) is 30.0 Å². The maximum absolute atomic E-state index is 13.4. The maximum Gasteiger partial charge on any atom is 0.336 e. The first-order valence-electron chi connectivity index (χ1n) is 9.38. The largest absolute Gasteiger partial charge is 0.423 e. The Labute approximate surface area is 176 Å². The van der Waals surface area contributed by atoms with Crippen molar-refractivity contribution in [2.24, 2.45) is 0 Å². The minimum absolute atomic E-state index is 0.130. The lowest BCUT2D eigenvalue weighted by molar-refractivity contribution is -0.132. The van der Waals surface area contributed by atoms with E-state index >= 15 is 0 Å². The van der Waals surface area contributed by atoms with Crippen LogP contribution in [0.15, 0.2) is 51.7 Å².